The lowest BCUT2D eigenvalue weighted by Gasteiger charge is -2.21. The predicted octanol–water partition coefficient (Wildman–Crippen LogP) is 2.62. The van der Waals surface area contributed by atoms with Gasteiger partial charge in [-0.3, -0.25) is 14.4 Å². The Morgan fingerprint density at radius 3 is 2.67 bits per heavy atom. The standard InChI is InChI=1S/C14H19BrN4O2/c1-8-9(15)5-6-10-17-13(16-7-11(20)18-21)12(19(8)10)14(2,3)4/h5-6,16,21H,7H2,1-4H3,(H,18,20). The number of halogens is 1. The smallest absolute Gasteiger partial charge is 0.262 e. The molecule has 0 aliphatic rings. The minimum atomic E-state index is -0.509. The van der Waals surface area contributed by atoms with Crippen LogP contribution in [0.4, 0.5) is 5.82 Å². The third kappa shape index (κ3) is 3.03. The fourth-order valence-corrected chi connectivity index (χ4v) is 2.59. The van der Waals surface area contributed by atoms with Gasteiger partial charge in [0.15, 0.2) is 0 Å². The van der Waals surface area contributed by atoms with Crippen molar-refractivity contribution in [1.29, 1.82) is 0 Å². The largest absolute Gasteiger partial charge is 0.359 e. The molecule has 0 bridgehead atoms. The SMILES string of the molecule is Cc1c(Br)ccc2nc(NCC(=O)NO)c(C(C)(C)C)n12. The zero-order chi connectivity index (χ0) is 15.8. The van der Waals surface area contributed by atoms with Gasteiger partial charge in [-0.25, -0.2) is 10.5 Å². The average Bonchev–Trinajstić information content (AvgIpc) is 2.79. The Bertz CT molecular complexity index is 688. The van der Waals surface area contributed by atoms with Gasteiger partial charge in [-0.1, -0.05) is 20.8 Å². The van der Waals surface area contributed by atoms with E-state index >= 15 is 0 Å². The maximum absolute atomic E-state index is 11.2. The lowest BCUT2D eigenvalue weighted by molar-refractivity contribution is -0.127. The monoisotopic (exact) mass is 354 g/mol. The van der Waals surface area contributed by atoms with Gasteiger partial charge >= 0.3 is 0 Å². The highest BCUT2D eigenvalue weighted by Crippen LogP contribution is 2.32. The van der Waals surface area contributed by atoms with Gasteiger partial charge in [0.1, 0.15) is 11.5 Å². The van der Waals surface area contributed by atoms with E-state index in [1.54, 1.807) is 5.48 Å². The van der Waals surface area contributed by atoms with Crippen LogP contribution in [-0.2, 0) is 10.2 Å². The number of nitrogens with one attached hydrogen (secondary N) is 2. The summed E-state index contributed by atoms with van der Waals surface area (Å²) >= 11 is 3.53. The molecule has 0 fully saturated rings. The van der Waals surface area contributed by atoms with Crippen molar-refractivity contribution >= 4 is 33.3 Å². The maximum Gasteiger partial charge on any atom is 0.262 e. The van der Waals surface area contributed by atoms with Crippen molar-refractivity contribution in [3.05, 3.63) is 28.0 Å². The van der Waals surface area contributed by atoms with Gasteiger partial charge in [0.05, 0.1) is 12.2 Å². The van der Waals surface area contributed by atoms with Gasteiger partial charge in [-0.2, -0.15) is 0 Å². The number of nitrogens with zero attached hydrogens (tertiary/aromatic N) is 2. The van der Waals surface area contributed by atoms with Crippen molar-refractivity contribution in [2.75, 3.05) is 11.9 Å². The van der Waals surface area contributed by atoms with Crippen LogP contribution in [0.5, 0.6) is 0 Å². The number of rotatable bonds is 3. The van der Waals surface area contributed by atoms with Crippen molar-refractivity contribution in [1.82, 2.24) is 14.9 Å². The fourth-order valence-electron chi connectivity index (χ4n) is 2.28. The Morgan fingerprint density at radius 1 is 1.43 bits per heavy atom. The van der Waals surface area contributed by atoms with Crippen LogP contribution in [0.25, 0.3) is 5.65 Å². The summed E-state index contributed by atoms with van der Waals surface area (Å²) in [6, 6.07) is 3.87. The zero-order valence-electron chi connectivity index (χ0n) is 12.5. The summed E-state index contributed by atoms with van der Waals surface area (Å²) in [4.78, 5) is 15.8. The second-order valence-electron chi connectivity index (χ2n) is 5.91. The molecule has 7 heteroatoms. The molecule has 0 unspecified atom stereocenters. The van der Waals surface area contributed by atoms with E-state index in [0.717, 1.165) is 21.5 Å². The Labute approximate surface area is 131 Å². The first-order valence-corrected chi connectivity index (χ1v) is 7.40. The molecule has 2 heterocycles. The summed E-state index contributed by atoms with van der Waals surface area (Å²) in [5.74, 6) is 0.136. The molecule has 2 rings (SSSR count). The number of hydrogen-bond acceptors (Lipinski definition) is 4. The summed E-state index contributed by atoms with van der Waals surface area (Å²) in [6.45, 7) is 8.25. The van der Waals surface area contributed by atoms with Crippen LogP contribution in [0.2, 0.25) is 0 Å². The molecule has 0 aliphatic carbocycles. The summed E-state index contributed by atoms with van der Waals surface area (Å²) in [7, 11) is 0. The molecule has 0 saturated carbocycles. The van der Waals surface area contributed by atoms with Crippen molar-refractivity contribution in [2.24, 2.45) is 0 Å². The molecule has 0 aromatic carbocycles. The Kier molecular flexibility index (Phi) is 4.25. The van der Waals surface area contributed by atoms with Crippen LogP contribution in [0.15, 0.2) is 16.6 Å². The zero-order valence-corrected chi connectivity index (χ0v) is 14.1. The third-order valence-electron chi connectivity index (χ3n) is 3.21. The lowest BCUT2D eigenvalue weighted by Crippen LogP contribution is -2.28. The van der Waals surface area contributed by atoms with E-state index in [0.29, 0.717) is 5.82 Å². The molecule has 2 aromatic rings. The number of anilines is 1. The van der Waals surface area contributed by atoms with Crippen LogP contribution in [-0.4, -0.2) is 27.0 Å². The van der Waals surface area contributed by atoms with E-state index in [-0.39, 0.29) is 12.0 Å². The Hall–Kier alpha value is -1.60. The number of carbonyl (C=O) groups is 1. The summed E-state index contributed by atoms with van der Waals surface area (Å²) < 4.78 is 3.07. The number of pyridine rings is 1. The van der Waals surface area contributed by atoms with Gasteiger partial charge in [-0.15, -0.1) is 0 Å². The van der Waals surface area contributed by atoms with E-state index in [9.17, 15) is 4.79 Å². The summed E-state index contributed by atoms with van der Waals surface area (Å²) in [6.07, 6.45) is 0. The van der Waals surface area contributed by atoms with Gasteiger partial charge in [0, 0.05) is 15.6 Å². The lowest BCUT2D eigenvalue weighted by atomic mass is 9.91. The highest BCUT2D eigenvalue weighted by atomic mass is 79.9. The third-order valence-corrected chi connectivity index (χ3v) is 4.05. The van der Waals surface area contributed by atoms with E-state index in [1.165, 1.54) is 0 Å². The Balaban J connectivity index is 2.60. The van der Waals surface area contributed by atoms with Gasteiger partial charge < -0.3 is 5.32 Å². The fraction of sp³-hybridized carbons (Fsp3) is 0.429. The molecular weight excluding hydrogens is 336 g/mol. The van der Waals surface area contributed by atoms with E-state index in [2.05, 4.69) is 51.4 Å². The highest BCUT2D eigenvalue weighted by molar-refractivity contribution is 9.10. The van der Waals surface area contributed by atoms with E-state index < -0.39 is 5.91 Å². The molecule has 0 saturated heterocycles. The number of hydrogen-bond donors (Lipinski definition) is 3. The highest BCUT2D eigenvalue weighted by Gasteiger charge is 2.25. The number of amides is 1. The Morgan fingerprint density at radius 2 is 2.10 bits per heavy atom. The molecule has 0 spiro atoms. The molecule has 0 aliphatic heterocycles. The minimum absolute atomic E-state index is 0.0380. The summed E-state index contributed by atoms with van der Waals surface area (Å²) in [5.41, 5.74) is 4.29. The van der Waals surface area contributed by atoms with Crippen LogP contribution in [0, 0.1) is 6.92 Å². The first kappa shape index (κ1) is 15.8. The molecule has 0 atom stereocenters. The predicted molar refractivity (Wildman–Crippen MR) is 84.7 cm³/mol. The molecule has 0 radical (unpaired) electrons. The maximum atomic E-state index is 11.2. The van der Waals surface area contributed by atoms with Crippen molar-refractivity contribution in [3.8, 4) is 0 Å². The second-order valence-corrected chi connectivity index (χ2v) is 6.76. The normalized spacial score (nSPS) is 11.7. The first-order valence-electron chi connectivity index (χ1n) is 6.60. The molecule has 2 aromatic heterocycles. The van der Waals surface area contributed by atoms with Crippen LogP contribution < -0.4 is 10.8 Å². The number of fused-ring (bicyclic) bond motifs is 1. The number of aryl methyl sites for hydroxylation is 1. The molecule has 1 amide bonds. The topological polar surface area (TPSA) is 78.7 Å². The van der Waals surface area contributed by atoms with Crippen molar-refractivity contribution in [3.63, 3.8) is 0 Å². The van der Waals surface area contributed by atoms with Crippen LogP contribution in [0.3, 0.4) is 0 Å². The first-order chi connectivity index (χ1) is 9.75. The molecule has 6 nitrogen and oxygen atoms in total. The average molecular weight is 355 g/mol. The number of carbonyl (C=O) groups excluding carboxylic acids is 1. The van der Waals surface area contributed by atoms with Crippen molar-refractivity contribution < 1.29 is 10.0 Å². The second kappa shape index (κ2) is 5.65. The summed E-state index contributed by atoms with van der Waals surface area (Å²) in [5, 5.41) is 11.6. The van der Waals surface area contributed by atoms with Gasteiger partial charge in [0.25, 0.3) is 5.91 Å². The number of hydroxylamine groups is 1. The van der Waals surface area contributed by atoms with E-state index in [1.807, 2.05) is 19.1 Å². The van der Waals surface area contributed by atoms with E-state index in [4.69, 9.17) is 5.21 Å². The number of aromatic nitrogens is 2. The molecule has 21 heavy (non-hydrogen) atoms. The van der Waals surface area contributed by atoms with Gasteiger partial charge in [0.2, 0.25) is 0 Å². The minimum Gasteiger partial charge on any atom is -0.359 e. The quantitative estimate of drug-likeness (QED) is 0.584. The van der Waals surface area contributed by atoms with Crippen LogP contribution >= 0.6 is 15.9 Å². The molecule has 114 valence electrons. The van der Waals surface area contributed by atoms with Crippen LogP contribution in [0.1, 0.15) is 32.2 Å². The molecule has 3 N–H and O–H groups in total. The van der Waals surface area contributed by atoms with Gasteiger partial charge in [-0.05, 0) is 35.0 Å². The molecular formula is C14H19BrN4O2. The number of imidazole rings is 1. The van der Waals surface area contributed by atoms with Crippen molar-refractivity contribution in [2.45, 2.75) is 33.1 Å².